The van der Waals surface area contributed by atoms with Crippen LogP contribution in [-0.4, -0.2) is 82.0 Å². The van der Waals surface area contributed by atoms with Crippen molar-refractivity contribution in [2.75, 3.05) is 67.1 Å². The second-order valence-corrected chi connectivity index (χ2v) is 9.95. The molecule has 0 saturated carbocycles. The molecule has 7 nitrogen and oxygen atoms in total. The molecule has 1 unspecified atom stereocenters. The van der Waals surface area contributed by atoms with Gasteiger partial charge in [0.1, 0.15) is 6.10 Å². The molecule has 1 atom stereocenters. The Morgan fingerprint density at radius 1 is 1.04 bits per heavy atom. The Balaban J connectivity index is 2.58. The van der Waals surface area contributed by atoms with Crippen molar-refractivity contribution in [2.45, 2.75) is 31.9 Å². The van der Waals surface area contributed by atoms with E-state index < -0.39 is 8.80 Å². The highest BCUT2D eigenvalue weighted by atomic mass is 28.4. The van der Waals surface area contributed by atoms with E-state index in [-0.39, 0.29) is 11.5 Å². The fourth-order valence-corrected chi connectivity index (χ4v) is 4.72. The topological polar surface area (TPSA) is 67.9 Å². The third kappa shape index (κ3) is 9.75. The smallest absolute Gasteiger partial charge is 0.379 e. The Morgan fingerprint density at radius 3 is 2.11 bits per heavy atom. The van der Waals surface area contributed by atoms with Crippen LogP contribution in [0.15, 0.2) is 25.3 Å². The molecule has 0 N–H and O–H groups in total. The molecule has 0 amide bonds. The maximum atomic E-state index is 6.29. The predicted molar refractivity (Wildman–Crippen MR) is 110 cm³/mol. The summed E-state index contributed by atoms with van der Waals surface area (Å²) in [5, 5.41) is 0. The lowest BCUT2D eigenvalue weighted by molar-refractivity contribution is -0.0529. The summed E-state index contributed by atoms with van der Waals surface area (Å²) in [6.45, 7) is 14.0. The first-order valence-corrected chi connectivity index (χ1v) is 11.8. The van der Waals surface area contributed by atoms with Gasteiger partial charge in [-0.3, -0.25) is 0 Å². The van der Waals surface area contributed by atoms with Gasteiger partial charge in [-0.05, 0) is 12.8 Å². The van der Waals surface area contributed by atoms with Crippen LogP contribution in [0.25, 0.3) is 0 Å². The molecule has 0 aromatic heterocycles. The highest BCUT2D eigenvalue weighted by Gasteiger charge is 2.42. The van der Waals surface area contributed by atoms with Crippen LogP contribution >= 0.6 is 0 Å². The molecule has 0 spiro atoms. The van der Waals surface area contributed by atoms with Crippen LogP contribution in [0, 0.1) is 5.41 Å². The van der Waals surface area contributed by atoms with Gasteiger partial charge in [0.2, 0.25) is 0 Å². The van der Waals surface area contributed by atoms with E-state index >= 15 is 0 Å². The van der Waals surface area contributed by atoms with Crippen molar-refractivity contribution in [3.8, 4) is 0 Å². The molecule has 1 aliphatic rings. The summed E-state index contributed by atoms with van der Waals surface area (Å²) in [6, 6.07) is 0.687. The van der Waals surface area contributed by atoms with Crippen LogP contribution in [0.1, 0.15) is 19.8 Å². The molecular formula is C20H38O7Si. The minimum atomic E-state index is -2.79. The molecule has 0 radical (unpaired) electrons. The zero-order chi connectivity index (χ0) is 20.7. The second-order valence-electron chi connectivity index (χ2n) is 6.97. The molecule has 0 aromatic rings. The molecule has 164 valence electrons. The number of ether oxygens (including phenoxy) is 4. The average Bonchev–Trinajstić information content (AvgIpc) is 3.54. The van der Waals surface area contributed by atoms with Gasteiger partial charge in [-0.15, -0.1) is 13.2 Å². The molecule has 1 heterocycles. The van der Waals surface area contributed by atoms with E-state index in [0.29, 0.717) is 52.3 Å². The van der Waals surface area contributed by atoms with Gasteiger partial charge in [0.25, 0.3) is 0 Å². The monoisotopic (exact) mass is 418 g/mol. The Hall–Kier alpha value is -0.583. The van der Waals surface area contributed by atoms with Gasteiger partial charge < -0.3 is 32.2 Å². The highest BCUT2D eigenvalue weighted by Crippen LogP contribution is 2.27. The summed E-state index contributed by atoms with van der Waals surface area (Å²) in [4.78, 5) is 0. The average molecular weight is 419 g/mol. The molecule has 0 aromatic carbocycles. The molecule has 0 bridgehead atoms. The van der Waals surface area contributed by atoms with Gasteiger partial charge in [-0.2, -0.15) is 0 Å². The summed E-state index contributed by atoms with van der Waals surface area (Å²) >= 11 is 0. The molecule has 8 heteroatoms. The van der Waals surface area contributed by atoms with Gasteiger partial charge in [0.05, 0.1) is 39.6 Å². The van der Waals surface area contributed by atoms with Gasteiger partial charge in [0, 0.05) is 38.9 Å². The minimum absolute atomic E-state index is 0.277. The first kappa shape index (κ1) is 25.5. The van der Waals surface area contributed by atoms with Gasteiger partial charge in [-0.25, -0.2) is 0 Å². The fraction of sp³-hybridized carbons (Fsp3) is 0.800. The lowest BCUT2D eigenvalue weighted by Crippen LogP contribution is -2.48. The van der Waals surface area contributed by atoms with Crippen molar-refractivity contribution in [1.82, 2.24) is 0 Å². The van der Waals surface area contributed by atoms with Crippen molar-refractivity contribution >= 4 is 8.80 Å². The van der Waals surface area contributed by atoms with E-state index in [1.165, 1.54) is 0 Å². The number of hydrogen-bond donors (Lipinski definition) is 0. The first-order valence-electron chi connectivity index (χ1n) is 9.90. The number of epoxide rings is 1. The second kappa shape index (κ2) is 14.4. The zero-order valence-electron chi connectivity index (χ0n) is 17.8. The lowest BCUT2D eigenvalue weighted by atomic mass is 9.88. The highest BCUT2D eigenvalue weighted by molar-refractivity contribution is 6.60. The van der Waals surface area contributed by atoms with E-state index in [1.54, 1.807) is 26.4 Å². The Labute approximate surface area is 171 Å². The third-order valence-electron chi connectivity index (χ3n) is 4.74. The summed E-state index contributed by atoms with van der Waals surface area (Å²) in [6.07, 6.45) is 5.40. The van der Waals surface area contributed by atoms with Crippen LogP contribution in [0.4, 0.5) is 0 Å². The van der Waals surface area contributed by atoms with Gasteiger partial charge in [-0.1, -0.05) is 19.1 Å². The van der Waals surface area contributed by atoms with Crippen molar-refractivity contribution in [3.05, 3.63) is 25.3 Å². The maximum Gasteiger partial charge on any atom is 0.500 e. The largest absolute Gasteiger partial charge is 0.500 e. The molecule has 1 aliphatic heterocycles. The normalized spacial score (nSPS) is 16.9. The molecule has 0 aliphatic carbocycles. The van der Waals surface area contributed by atoms with Crippen LogP contribution < -0.4 is 0 Å². The van der Waals surface area contributed by atoms with Crippen molar-refractivity contribution in [3.63, 3.8) is 0 Å². The Kier molecular flexibility index (Phi) is 13.1. The Morgan fingerprint density at radius 2 is 1.64 bits per heavy atom. The van der Waals surface area contributed by atoms with Crippen molar-refractivity contribution in [1.29, 1.82) is 0 Å². The number of rotatable bonds is 20. The van der Waals surface area contributed by atoms with E-state index in [4.69, 9.17) is 32.2 Å². The SMILES string of the molecule is C=CCOCC(CC)(COCC=C)CO[Si](CCCOCC1CO1)(OC)OC. The van der Waals surface area contributed by atoms with Gasteiger partial charge in [0.15, 0.2) is 0 Å². The predicted octanol–water partition coefficient (Wildman–Crippen LogP) is 2.84. The van der Waals surface area contributed by atoms with Crippen LogP contribution in [-0.2, 0) is 32.2 Å². The molecule has 1 rings (SSSR count). The summed E-state index contributed by atoms with van der Waals surface area (Å²) in [5.41, 5.74) is -0.291. The summed E-state index contributed by atoms with van der Waals surface area (Å²) in [5.74, 6) is 0. The zero-order valence-corrected chi connectivity index (χ0v) is 18.8. The van der Waals surface area contributed by atoms with Gasteiger partial charge >= 0.3 is 8.80 Å². The Bertz CT molecular complexity index is 411. The van der Waals surface area contributed by atoms with Crippen LogP contribution in [0.3, 0.4) is 0 Å². The third-order valence-corrected chi connectivity index (χ3v) is 7.53. The number of hydrogen-bond acceptors (Lipinski definition) is 7. The van der Waals surface area contributed by atoms with Crippen LogP contribution in [0.5, 0.6) is 0 Å². The lowest BCUT2D eigenvalue weighted by Gasteiger charge is -2.36. The molecule has 1 saturated heterocycles. The summed E-state index contributed by atoms with van der Waals surface area (Å²) < 4.78 is 40.0. The quantitative estimate of drug-likeness (QED) is 0.130. The molecule has 28 heavy (non-hydrogen) atoms. The van der Waals surface area contributed by atoms with E-state index in [1.807, 2.05) is 0 Å². The van der Waals surface area contributed by atoms with E-state index in [2.05, 4.69) is 20.1 Å². The minimum Gasteiger partial charge on any atom is -0.379 e. The van der Waals surface area contributed by atoms with Crippen LogP contribution in [0.2, 0.25) is 6.04 Å². The molecule has 1 fully saturated rings. The molecular weight excluding hydrogens is 380 g/mol. The first-order chi connectivity index (χ1) is 13.6. The van der Waals surface area contributed by atoms with Crippen molar-refractivity contribution < 1.29 is 32.2 Å². The fourth-order valence-electron chi connectivity index (χ4n) is 2.66. The summed E-state index contributed by atoms with van der Waals surface area (Å²) in [7, 11) is 0.498. The van der Waals surface area contributed by atoms with Crippen molar-refractivity contribution in [2.24, 2.45) is 5.41 Å². The van der Waals surface area contributed by atoms with E-state index in [0.717, 1.165) is 19.4 Å². The van der Waals surface area contributed by atoms with E-state index in [9.17, 15) is 0 Å². The standard InChI is InChI=1S/C20H38O7Si/c1-6-10-24-16-20(8-3,17-25-11-7-2)18-27-28(21-4,22-5)13-9-12-23-14-19-15-26-19/h6-7,19H,1-2,8-18H2,3-5H3. The maximum absolute atomic E-state index is 6.29.